The number of rotatable bonds is 4. The molecule has 0 aliphatic carbocycles. The Morgan fingerprint density at radius 1 is 1.14 bits per heavy atom. The number of fused-ring (bicyclic) bond motifs is 1. The molecule has 2 aromatic carbocycles. The van der Waals surface area contributed by atoms with E-state index in [9.17, 15) is 4.79 Å². The molecule has 0 aromatic heterocycles. The van der Waals surface area contributed by atoms with Crippen molar-refractivity contribution in [3.8, 4) is 0 Å². The van der Waals surface area contributed by atoms with Gasteiger partial charge in [0.2, 0.25) is 5.91 Å². The van der Waals surface area contributed by atoms with E-state index in [1.54, 1.807) is 6.92 Å². The van der Waals surface area contributed by atoms with Gasteiger partial charge in [0.15, 0.2) is 0 Å². The van der Waals surface area contributed by atoms with Crippen LogP contribution in [0.3, 0.4) is 0 Å². The summed E-state index contributed by atoms with van der Waals surface area (Å²) in [6.45, 7) is 4.73. The Morgan fingerprint density at radius 3 is 2.73 bits per heavy atom. The monoisotopic (exact) mass is 294 g/mol. The Hall–Kier alpha value is -2.13. The van der Waals surface area contributed by atoms with Gasteiger partial charge >= 0.3 is 0 Å². The topological polar surface area (TPSA) is 32.3 Å². The van der Waals surface area contributed by atoms with Gasteiger partial charge in [0.1, 0.15) is 0 Å². The summed E-state index contributed by atoms with van der Waals surface area (Å²) in [6, 6.07) is 16.9. The van der Waals surface area contributed by atoms with E-state index in [-0.39, 0.29) is 5.91 Å². The Morgan fingerprint density at radius 2 is 1.95 bits per heavy atom. The van der Waals surface area contributed by atoms with Gasteiger partial charge < -0.3 is 5.32 Å². The lowest BCUT2D eigenvalue weighted by atomic mass is 9.98. The predicted molar refractivity (Wildman–Crippen MR) is 89.9 cm³/mol. The SMILES string of the molecule is CC(=O)Nc1ccc2c(c1)CCN(CCc1ccccc1)C2. The first-order chi connectivity index (χ1) is 10.7. The van der Waals surface area contributed by atoms with E-state index in [1.807, 2.05) is 6.07 Å². The van der Waals surface area contributed by atoms with Gasteiger partial charge in [-0.3, -0.25) is 9.69 Å². The second-order valence-electron chi connectivity index (χ2n) is 5.93. The van der Waals surface area contributed by atoms with Gasteiger partial charge in [0.05, 0.1) is 0 Å². The molecule has 0 atom stereocenters. The maximum Gasteiger partial charge on any atom is 0.221 e. The minimum atomic E-state index is -0.0137. The summed E-state index contributed by atoms with van der Waals surface area (Å²) >= 11 is 0. The van der Waals surface area contributed by atoms with Crippen molar-refractivity contribution < 1.29 is 4.79 Å². The number of benzene rings is 2. The predicted octanol–water partition coefficient (Wildman–Crippen LogP) is 3.25. The van der Waals surface area contributed by atoms with E-state index in [1.165, 1.54) is 16.7 Å². The average Bonchev–Trinajstić information content (AvgIpc) is 2.53. The molecule has 0 fully saturated rings. The summed E-state index contributed by atoms with van der Waals surface area (Å²) in [5.41, 5.74) is 5.05. The molecule has 0 spiro atoms. The number of carbonyl (C=O) groups is 1. The van der Waals surface area contributed by atoms with Crippen LogP contribution in [-0.4, -0.2) is 23.9 Å². The van der Waals surface area contributed by atoms with E-state index in [0.717, 1.165) is 38.2 Å². The molecule has 0 bridgehead atoms. The highest BCUT2D eigenvalue weighted by Crippen LogP contribution is 2.22. The molecule has 22 heavy (non-hydrogen) atoms. The van der Waals surface area contributed by atoms with Crippen molar-refractivity contribution >= 4 is 11.6 Å². The fourth-order valence-electron chi connectivity index (χ4n) is 3.02. The van der Waals surface area contributed by atoms with E-state index < -0.39 is 0 Å². The van der Waals surface area contributed by atoms with Gasteiger partial charge in [-0.2, -0.15) is 0 Å². The van der Waals surface area contributed by atoms with Crippen molar-refractivity contribution in [1.82, 2.24) is 4.90 Å². The maximum atomic E-state index is 11.1. The lowest BCUT2D eigenvalue weighted by Gasteiger charge is -2.29. The summed E-state index contributed by atoms with van der Waals surface area (Å²) in [6.07, 6.45) is 2.15. The van der Waals surface area contributed by atoms with Crippen LogP contribution < -0.4 is 5.32 Å². The molecule has 1 heterocycles. The molecule has 1 N–H and O–H groups in total. The second kappa shape index (κ2) is 6.75. The van der Waals surface area contributed by atoms with Crippen LogP contribution in [0, 0.1) is 0 Å². The number of hydrogen-bond donors (Lipinski definition) is 1. The second-order valence-corrected chi connectivity index (χ2v) is 5.93. The largest absolute Gasteiger partial charge is 0.326 e. The molecule has 0 saturated carbocycles. The maximum absolute atomic E-state index is 11.1. The fraction of sp³-hybridized carbons (Fsp3) is 0.316. The Balaban J connectivity index is 1.60. The quantitative estimate of drug-likeness (QED) is 0.939. The molecule has 2 aromatic rings. The number of amides is 1. The van der Waals surface area contributed by atoms with Gasteiger partial charge in [-0.15, -0.1) is 0 Å². The first-order valence-electron chi connectivity index (χ1n) is 7.86. The van der Waals surface area contributed by atoms with Crippen LogP contribution in [0.4, 0.5) is 5.69 Å². The first kappa shape index (κ1) is 14.8. The van der Waals surface area contributed by atoms with Crippen LogP contribution in [0.1, 0.15) is 23.6 Å². The smallest absolute Gasteiger partial charge is 0.221 e. The van der Waals surface area contributed by atoms with Crippen molar-refractivity contribution in [3.05, 3.63) is 65.2 Å². The zero-order chi connectivity index (χ0) is 15.4. The molecule has 0 saturated heterocycles. The third-order valence-electron chi connectivity index (χ3n) is 4.18. The lowest BCUT2D eigenvalue weighted by Crippen LogP contribution is -2.32. The summed E-state index contributed by atoms with van der Waals surface area (Å²) in [5.74, 6) is -0.0137. The van der Waals surface area contributed by atoms with Crippen molar-refractivity contribution in [2.24, 2.45) is 0 Å². The first-order valence-corrected chi connectivity index (χ1v) is 7.86. The van der Waals surface area contributed by atoms with Gasteiger partial charge in [-0.05, 0) is 41.7 Å². The number of anilines is 1. The average molecular weight is 294 g/mol. The third kappa shape index (κ3) is 3.74. The zero-order valence-corrected chi connectivity index (χ0v) is 13.0. The molecule has 1 aliphatic heterocycles. The molecular weight excluding hydrogens is 272 g/mol. The van der Waals surface area contributed by atoms with Gasteiger partial charge in [-0.25, -0.2) is 0 Å². The summed E-state index contributed by atoms with van der Waals surface area (Å²) in [7, 11) is 0. The van der Waals surface area contributed by atoms with Gasteiger partial charge in [0, 0.05) is 32.2 Å². The van der Waals surface area contributed by atoms with E-state index in [0.29, 0.717) is 0 Å². The highest BCUT2D eigenvalue weighted by molar-refractivity contribution is 5.88. The molecular formula is C19H22N2O. The number of nitrogens with zero attached hydrogens (tertiary/aromatic N) is 1. The van der Waals surface area contributed by atoms with Crippen LogP contribution in [-0.2, 0) is 24.2 Å². The van der Waals surface area contributed by atoms with Gasteiger partial charge in [-0.1, -0.05) is 36.4 Å². The summed E-state index contributed by atoms with van der Waals surface area (Å²) in [4.78, 5) is 13.6. The number of carbonyl (C=O) groups excluding carboxylic acids is 1. The third-order valence-corrected chi connectivity index (χ3v) is 4.18. The molecule has 3 nitrogen and oxygen atoms in total. The Bertz CT molecular complexity index is 652. The van der Waals surface area contributed by atoms with Crippen molar-refractivity contribution in [1.29, 1.82) is 0 Å². The van der Waals surface area contributed by atoms with Crippen LogP contribution >= 0.6 is 0 Å². The van der Waals surface area contributed by atoms with Crippen molar-refractivity contribution in [2.75, 3.05) is 18.4 Å². The van der Waals surface area contributed by atoms with Crippen LogP contribution in [0.15, 0.2) is 48.5 Å². The molecule has 1 aliphatic rings. The highest BCUT2D eigenvalue weighted by Gasteiger charge is 2.16. The molecule has 3 heteroatoms. The Kier molecular flexibility index (Phi) is 4.54. The normalized spacial score (nSPS) is 14.4. The minimum absolute atomic E-state index is 0.0137. The van der Waals surface area contributed by atoms with E-state index in [4.69, 9.17) is 0 Å². The van der Waals surface area contributed by atoms with Crippen LogP contribution in [0.25, 0.3) is 0 Å². The van der Waals surface area contributed by atoms with E-state index in [2.05, 4.69) is 52.7 Å². The molecule has 0 unspecified atom stereocenters. The van der Waals surface area contributed by atoms with Crippen molar-refractivity contribution in [2.45, 2.75) is 26.3 Å². The van der Waals surface area contributed by atoms with Crippen LogP contribution in [0.2, 0.25) is 0 Å². The fourth-order valence-corrected chi connectivity index (χ4v) is 3.02. The lowest BCUT2D eigenvalue weighted by molar-refractivity contribution is -0.114. The molecule has 0 radical (unpaired) electrons. The standard InChI is InChI=1S/C19H22N2O/c1-15(22)20-19-8-7-18-14-21(12-10-17(18)13-19)11-9-16-5-3-2-4-6-16/h2-8,13H,9-12,14H2,1H3,(H,20,22). The summed E-state index contributed by atoms with van der Waals surface area (Å²) in [5, 5.41) is 2.86. The highest BCUT2D eigenvalue weighted by atomic mass is 16.1. The number of hydrogen-bond acceptors (Lipinski definition) is 2. The van der Waals surface area contributed by atoms with Gasteiger partial charge in [0.25, 0.3) is 0 Å². The molecule has 114 valence electrons. The summed E-state index contributed by atoms with van der Waals surface area (Å²) < 4.78 is 0. The number of nitrogens with one attached hydrogen (secondary N) is 1. The zero-order valence-electron chi connectivity index (χ0n) is 13.0. The van der Waals surface area contributed by atoms with E-state index >= 15 is 0 Å². The van der Waals surface area contributed by atoms with Crippen LogP contribution in [0.5, 0.6) is 0 Å². The minimum Gasteiger partial charge on any atom is -0.326 e. The molecule has 1 amide bonds. The van der Waals surface area contributed by atoms with Crippen molar-refractivity contribution in [3.63, 3.8) is 0 Å². The Labute approximate surface area is 132 Å². The molecule has 3 rings (SSSR count).